The number of hydrogen-bond donors (Lipinski definition) is 1. The van der Waals surface area contributed by atoms with E-state index in [1.807, 2.05) is 37.4 Å². The molecule has 0 unspecified atom stereocenters. The molecule has 1 aromatic carbocycles. The third-order valence-electron chi connectivity index (χ3n) is 3.19. The Morgan fingerprint density at radius 2 is 1.84 bits per heavy atom. The Morgan fingerprint density at radius 3 is 2.47 bits per heavy atom. The number of benzene rings is 1. The van der Waals surface area contributed by atoms with E-state index in [0.717, 1.165) is 27.1 Å². The molecule has 3 nitrogen and oxygen atoms in total. The molecule has 96 valence electrons. The van der Waals surface area contributed by atoms with Crippen molar-refractivity contribution in [1.82, 2.24) is 10.2 Å². The molecular formula is C14H11ClN2OS. The Labute approximate surface area is 118 Å². The Bertz CT molecular complexity index is 835. The van der Waals surface area contributed by atoms with Crippen molar-refractivity contribution in [3.8, 4) is 10.6 Å². The van der Waals surface area contributed by atoms with Crippen molar-refractivity contribution in [1.29, 1.82) is 0 Å². The van der Waals surface area contributed by atoms with E-state index >= 15 is 0 Å². The minimum atomic E-state index is -0.160. The first-order chi connectivity index (χ1) is 9.09. The van der Waals surface area contributed by atoms with Crippen LogP contribution in [0.15, 0.2) is 28.4 Å². The van der Waals surface area contributed by atoms with E-state index < -0.39 is 0 Å². The van der Waals surface area contributed by atoms with Crippen LogP contribution in [0.2, 0.25) is 5.02 Å². The largest absolute Gasteiger partial charge is 0.272 e. The highest BCUT2D eigenvalue weighted by Gasteiger charge is 2.15. The fraction of sp³-hybridized carbons (Fsp3) is 0.143. The molecule has 0 bridgehead atoms. The Kier molecular flexibility index (Phi) is 2.92. The number of nitrogens with zero attached hydrogens (tertiary/aromatic N) is 1. The molecule has 0 aliphatic rings. The predicted molar refractivity (Wildman–Crippen MR) is 80.2 cm³/mol. The summed E-state index contributed by atoms with van der Waals surface area (Å²) in [6.07, 6.45) is 0. The van der Waals surface area contributed by atoms with Gasteiger partial charge in [0.2, 0.25) is 0 Å². The minimum Gasteiger partial charge on any atom is -0.267 e. The van der Waals surface area contributed by atoms with Crippen LogP contribution in [0.1, 0.15) is 11.1 Å². The maximum absolute atomic E-state index is 12.0. The average molecular weight is 291 g/mol. The third kappa shape index (κ3) is 1.88. The highest BCUT2D eigenvalue weighted by molar-refractivity contribution is 7.14. The molecule has 0 atom stereocenters. The van der Waals surface area contributed by atoms with E-state index in [1.165, 1.54) is 11.3 Å². The number of fused-ring (bicyclic) bond motifs is 1. The smallest absolute Gasteiger partial charge is 0.267 e. The summed E-state index contributed by atoms with van der Waals surface area (Å²) in [7, 11) is 0. The first-order valence-corrected chi connectivity index (χ1v) is 7.07. The van der Waals surface area contributed by atoms with Crippen LogP contribution in [0.4, 0.5) is 0 Å². The van der Waals surface area contributed by atoms with Crippen molar-refractivity contribution in [3.05, 3.63) is 50.1 Å². The molecule has 2 heterocycles. The molecule has 5 heteroatoms. The molecule has 0 aliphatic carbocycles. The van der Waals surface area contributed by atoms with Gasteiger partial charge in [0.1, 0.15) is 5.69 Å². The number of hydrogen-bond acceptors (Lipinski definition) is 3. The molecule has 0 radical (unpaired) electrons. The number of H-pyrrole nitrogens is 1. The molecule has 3 aromatic rings. The van der Waals surface area contributed by atoms with Crippen molar-refractivity contribution in [3.63, 3.8) is 0 Å². The quantitative estimate of drug-likeness (QED) is 0.738. The highest BCUT2D eigenvalue weighted by Crippen LogP contribution is 2.36. The Balaban J connectivity index is 2.52. The van der Waals surface area contributed by atoms with Gasteiger partial charge in [0.05, 0.1) is 15.3 Å². The number of aryl methyl sites for hydroxylation is 2. The van der Waals surface area contributed by atoms with Crippen LogP contribution in [-0.2, 0) is 0 Å². The van der Waals surface area contributed by atoms with Gasteiger partial charge in [-0.1, -0.05) is 23.7 Å². The first-order valence-electron chi connectivity index (χ1n) is 5.81. The lowest BCUT2D eigenvalue weighted by Gasteiger charge is -2.08. The molecule has 0 spiro atoms. The van der Waals surface area contributed by atoms with E-state index in [9.17, 15) is 4.79 Å². The van der Waals surface area contributed by atoms with Gasteiger partial charge in [-0.25, -0.2) is 5.10 Å². The third-order valence-corrected chi connectivity index (χ3v) is 4.54. The van der Waals surface area contributed by atoms with Gasteiger partial charge < -0.3 is 0 Å². The number of aromatic amines is 1. The van der Waals surface area contributed by atoms with Crippen LogP contribution in [0.3, 0.4) is 0 Å². The van der Waals surface area contributed by atoms with Crippen molar-refractivity contribution in [2.24, 2.45) is 0 Å². The number of aromatic nitrogens is 2. The molecule has 0 fully saturated rings. The van der Waals surface area contributed by atoms with Crippen LogP contribution < -0.4 is 5.56 Å². The summed E-state index contributed by atoms with van der Waals surface area (Å²) in [4.78, 5) is 12.9. The number of rotatable bonds is 1. The van der Waals surface area contributed by atoms with Gasteiger partial charge in [-0.15, -0.1) is 11.3 Å². The van der Waals surface area contributed by atoms with Crippen molar-refractivity contribution in [2.45, 2.75) is 13.8 Å². The molecule has 0 aliphatic heterocycles. The van der Waals surface area contributed by atoms with Gasteiger partial charge in [-0.3, -0.25) is 4.79 Å². The van der Waals surface area contributed by atoms with Crippen LogP contribution in [0.5, 0.6) is 0 Å². The van der Waals surface area contributed by atoms with E-state index in [4.69, 9.17) is 11.6 Å². The monoisotopic (exact) mass is 290 g/mol. The van der Waals surface area contributed by atoms with E-state index in [0.29, 0.717) is 10.4 Å². The zero-order valence-corrected chi connectivity index (χ0v) is 12.0. The lowest BCUT2D eigenvalue weighted by atomic mass is 10.0. The predicted octanol–water partition coefficient (Wildman–Crippen LogP) is 3.92. The molecule has 2 aromatic heterocycles. The normalized spacial score (nSPS) is 11.1. The molecule has 0 amide bonds. The average Bonchev–Trinajstić information content (AvgIpc) is 2.80. The second-order valence-electron chi connectivity index (χ2n) is 4.45. The van der Waals surface area contributed by atoms with Crippen LogP contribution in [0.25, 0.3) is 21.3 Å². The summed E-state index contributed by atoms with van der Waals surface area (Å²) < 4.78 is 0. The molecular weight excluding hydrogens is 280 g/mol. The summed E-state index contributed by atoms with van der Waals surface area (Å²) in [6, 6.07) is 5.79. The van der Waals surface area contributed by atoms with Gasteiger partial charge in [-0.05, 0) is 36.4 Å². The van der Waals surface area contributed by atoms with Crippen LogP contribution >= 0.6 is 22.9 Å². The number of thiophene rings is 1. The highest BCUT2D eigenvalue weighted by atomic mass is 35.5. The molecule has 3 rings (SSSR count). The van der Waals surface area contributed by atoms with Gasteiger partial charge in [0.25, 0.3) is 5.56 Å². The minimum absolute atomic E-state index is 0.160. The van der Waals surface area contributed by atoms with Crippen molar-refractivity contribution in [2.75, 3.05) is 0 Å². The van der Waals surface area contributed by atoms with Gasteiger partial charge in [0.15, 0.2) is 0 Å². The SMILES string of the molecule is Cc1ccc(C)c2c(=O)[nH]nc(-c3sccc3Cl)c12. The number of halogens is 1. The molecule has 1 N–H and O–H groups in total. The zero-order chi connectivity index (χ0) is 13.6. The molecule has 0 saturated carbocycles. The lowest BCUT2D eigenvalue weighted by molar-refractivity contribution is 1.02. The maximum atomic E-state index is 12.0. The zero-order valence-electron chi connectivity index (χ0n) is 10.5. The molecule has 0 saturated heterocycles. The van der Waals surface area contributed by atoms with Gasteiger partial charge >= 0.3 is 0 Å². The van der Waals surface area contributed by atoms with Crippen molar-refractivity contribution >= 4 is 33.7 Å². The second-order valence-corrected chi connectivity index (χ2v) is 5.77. The first kappa shape index (κ1) is 12.4. The summed E-state index contributed by atoms with van der Waals surface area (Å²) in [6.45, 7) is 3.91. The summed E-state index contributed by atoms with van der Waals surface area (Å²) in [5, 5.41) is 10.9. The van der Waals surface area contributed by atoms with E-state index in [-0.39, 0.29) is 5.56 Å². The summed E-state index contributed by atoms with van der Waals surface area (Å²) in [5.41, 5.74) is 2.56. The van der Waals surface area contributed by atoms with Gasteiger partial charge in [-0.2, -0.15) is 5.10 Å². The van der Waals surface area contributed by atoms with Crippen LogP contribution in [0, 0.1) is 13.8 Å². The fourth-order valence-corrected chi connectivity index (χ4v) is 3.40. The second kappa shape index (κ2) is 4.47. The van der Waals surface area contributed by atoms with E-state index in [2.05, 4.69) is 10.2 Å². The van der Waals surface area contributed by atoms with E-state index in [1.54, 1.807) is 0 Å². The van der Waals surface area contributed by atoms with Crippen molar-refractivity contribution < 1.29 is 0 Å². The topological polar surface area (TPSA) is 45.8 Å². The lowest BCUT2D eigenvalue weighted by Crippen LogP contribution is -2.11. The van der Waals surface area contributed by atoms with Gasteiger partial charge in [0, 0.05) is 5.39 Å². The molecule has 19 heavy (non-hydrogen) atoms. The Morgan fingerprint density at radius 1 is 1.16 bits per heavy atom. The number of nitrogens with one attached hydrogen (secondary N) is 1. The maximum Gasteiger partial charge on any atom is 0.272 e. The Hall–Kier alpha value is -1.65. The standard InChI is InChI=1S/C14H11ClN2OS/c1-7-3-4-8(2)11-10(7)12(16-17-14(11)18)13-9(15)5-6-19-13/h3-6H,1-2H3,(H,17,18). The summed E-state index contributed by atoms with van der Waals surface area (Å²) >= 11 is 7.71. The summed E-state index contributed by atoms with van der Waals surface area (Å²) in [5.74, 6) is 0. The fourth-order valence-electron chi connectivity index (χ4n) is 2.25. The van der Waals surface area contributed by atoms with Crippen LogP contribution in [-0.4, -0.2) is 10.2 Å².